The molecular weight excluding hydrogens is 399 g/mol. The lowest BCUT2D eigenvalue weighted by Crippen LogP contribution is -2.40. The molecule has 2 heterocycles. The van der Waals surface area contributed by atoms with E-state index in [4.69, 9.17) is 21.1 Å². The molecule has 0 amide bonds. The highest BCUT2D eigenvalue weighted by atomic mass is 35.5. The number of ether oxygens (including phenoxy) is 2. The highest BCUT2D eigenvalue weighted by Crippen LogP contribution is 2.33. The topological polar surface area (TPSA) is 67.9 Å². The molecule has 1 aromatic carbocycles. The third kappa shape index (κ3) is 4.82. The number of rotatable bonds is 7. The van der Waals surface area contributed by atoms with E-state index in [1.165, 1.54) is 6.07 Å². The average molecular weight is 425 g/mol. The summed E-state index contributed by atoms with van der Waals surface area (Å²) in [6.07, 6.45) is 2.66. The van der Waals surface area contributed by atoms with Crippen molar-refractivity contribution < 1.29 is 17.9 Å². The summed E-state index contributed by atoms with van der Waals surface area (Å²) in [5.41, 5.74) is 0. The molecule has 0 radical (unpaired) electrons. The van der Waals surface area contributed by atoms with Crippen molar-refractivity contribution in [2.45, 2.75) is 30.2 Å². The minimum absolute atomic E-state index is 0. The first kappa shape index (κ1) is 21.7. The van der Waals surface area contributed by atoms with Crippen LogP contribution >= 0.6 is 24.0 Å². The monoisotopic (exact) mass is 424 g/mol. The fraction of sp³-hybridized carbons (Fsp3) is 0.647. The van der Waals surface area contributed by atoms with Crippen molar-refractivity contribution in [3.05, 3.63) is 23.2 Å². The molecule has 6 nitrogen and oxygen atoms in total. The van der Waals surface area contributed by atoms with Crippen LogP contribution in [-0.4, -0.2) is 58.7 Å². The number of hydrogen-bond acceptors (Lipinski definition) is 5. The van der Waals surface area contributed by atoms with Crippen LogP contribution in [-0.2, 0) is 14.8 Å². The van der Waals surface area contributed by atoms with Crippen molar-refractivity contribution in [3.8, 4) is 5.75 Å². The molecule has 0 aromatic heterocycles. The lowest BCUT2D eigenvalue weighted by Gasteiger charge is -2.25. The van der Waals surface area contributed by atoms with Crippen LogP contribution in [0.15, 0.2) is 23.1 Å². The van der Waals surface area contributed by atoms with E-state index in [0.717, 1.165) is 25.9 Å². The highest BCUT2D eigenvalue weighted by molar-refractivity contribution is 7.89. The van der Waals surface area contributed by atoms with E-state index in [2.05, 4.69) is 5.32 Å². The quantitative estimate of drug-likeness (QED) is 0.728. The molecule has 1 N–H and O–H groups in total. The van der Waals surface area contributed by atoms with Crippen LogP contribution in [0.4, 0.5) is 0 Å². The Morgan fingerprint density at radius 2 is 2.19 bits per heavy atom. The predicted octanol–water partition coefficient (Wildman–Crippen LogP) is 2.55. The predicted molar refractivity (Wildman–Crippen MR) is 104 cm³/mol. The molecule has 0 aliphatic carbocycles. The molecule has 3 rings (SSSR count). The van der Waals surface area contributed by atoms with Gasteiger partial charge in [-0.2, -0.15) is 4.31 Å². The Labute approximate surface area is 166 Å². The largest absolute Gasteiger partial charge is 0.492 e. The second kappa shape index (κ2) is 9.57. The zero-order valence-electron chi connectivity index (χ0n) is 14.8. The second-order valence-corrected chi connectivity index (χ2v) is 8.90. The maximum Gasteiger partial charge on any atom is 0.247 e. The van der Waals surface area contributed by atoms with Crippen molar-refractivity contribution >= 4 is 34.0 Å². The molecule has 0 spiro atoms. The molecule has 2 unspecified atom stereocenters. The molecule has 0 saturated carbocycles. The molecule has 2 saturated heterocycles. The van der Waals surface area contributed by atoms with Crippen molar-refractivity contribution in [3.63, 3.8) is 0 Å². The van der Waals surface area contributed by atoms with Crippen LogP contribution < -0.4 is 10.1 Å². The maximum absolute atomic E-state index is 13.2. The van der Waals surface area contributed by atoms with Gasteiger partial charge in [0.2, 0.25) is 10.0 Å². The summed E-state index contributed by atoms with van der Waals surface area (Å²) in [6, 6.07) is 4.77. The number of nitrogens with one attached hydrogen (secondary N) is 1. The first-order valence-corrected chi connectivity index (χ1v) is 10.5. The summed E-state index contributed by atoms with van der Waals surface area (Å²) in [5.74, 6) is 0.668. The Hall–Kier alpha value is -0.570. The maximum atomic E-state index is 13.2. The summed E-state index contributed by atoms with van der Waals surface area (Å²) >= 11 is 6.08. The third-order valence-corrected chi connectivity index (χ3v) is 6.96. The number of hydrogen-bond donors (Lipinski definition) is 1. The zero-order chi connectivity index (χ0) is 17.9. The fourth-order valence-electron chi connectivity index (χ4n) is 3.42. The van der Waals surface area contributed by atoms with Crippen LogP contribution in [0.25, 0.3) is 0 Å². The van der Waals surface area contributed by atoms with Gasteiger partial charge in [0.15, 0.2) is 0 Å². The Kier molecular flexibility index (Phi) is 8.00. The number of nitrogens with zero attached hydrogens (tertiary/aromatic N) is 1. The van der Waals surface area contributed by atoms with Gasteiger partial charge < -0.3 is 14.8 Å². The van der Waals surface area contributed by atoms with Gasteiger partial charge in [-0.15, -0.1) is 12.4 Å². The summed E-state index contributed by atoms with van der Waals surface area (Å²) in [7, 11) is -1.82. The van der Waals surface area contributed by atoms with E-state index in [0.29, 0.717) is 43.0 Å². The minimum atomic E-state index is -3.66. The summed E-state index contributed by atoms with van der Waals surface area (Å²) in [5, 5.41) is 3.46. The molecule has 2 atom stereocenters. The lowest BCUT2D eigenvalue weighted by molar-refractivity contribution is 0.166. The van der Waals surface area contributed by atoms with Gasteiger partial charge in [-0.25, -0.2) is 8.42 Å². The van der Waals surface area contributed by atoms with E-state index in [1.54, 1.807) is 16.4 Å². The molecule has 148 valence electrons. The van der Waals surface area contributed by atoms with Gasteiger partial charge >= 0.3 is 0 Å². The van der Waals surface area contributed by atoms with Crippen LogP contribution in [0, 0.1) is 5.92 Å². The Morgan fingerprint density at radius 3 is 2.88 bits per heavy atom. The first-order chi connectivity index (χ1) is 12.0. The third-order valence-electron chi connectivity index (χ3n) is 4.75. The van der Waals surface area contributed by atoms with E-state index in [-0.39, 0.29) is 23.3 Å². The molecule has 2 aliphatic heterocycles. The number of likely N-dealkylation sites (N-methyl/N-ethyl adjacent to an activating group) is 1. The van der Waals surface area contributed by atoms with E-state index < -0.39 is 10.0 Å². The van der Waals surface area contributed by atoms with Crippen molar-refractivity contribution in [1.29, 1.82) is 0 Å². The first-order valence-electron chi connectivity index (χ1n) is 8.69. The van der Waals surface area contributed by atoms with Crippen LogP contribution in [0.1, 0.15) is 19.3 Å². The second-order valence-electron chi connectivity index (χ2n) is 6.60. The molecular formula is C17H26Cl2N2O4S. The van der Waals surface area contributed by atoms with E-state index in [1.807, 2.05) is 7.05 Å². The van der Waals surface area contributed by atoms with Gasteiger partial charge in [-0.1, -0.05) is 11.6 Å². The normalized spacial score (nSPS) is 23.8. The molecule has 9 heteroatoms. The lowest BCUT2D eigenvalue weighted by atomic mass is 10.1. The fourth-order valence-corrected chi connectivity index (χ4v) is 5.51. The minimum Gasteiger partial charge on any atom is -0.492 e. The molecule has 0 bridgehead atoms. The highest BCUT2D eigenvalue weighted by Gasteiger charge is 2.36. The summed E-state index contributed by atoms with van der Waals surface area (Å²) in [4.78, 5) is 0.155. The number of sulfonamides is 1. The molecule has 1 aromatic rings. The van der Waals surface area contributed by atoms with Gasteiger partial charge in [0.05, 0.1) is 13.2 Å². The molecule has 2 aliphatic rings. The van der Waals surface area contributed by atoms with Crippen molar-refractivity contribution in [2.24, 2.45) is 5.92 Å². The van der Waals surface area contributed by atoms with Gasteiger partial charge in [-0.3, -0.25) is 0 Å². The van der Waals surface area contributed by atoms with Crippen molar-refractivity contribution in [2.75, 3.05) is 40.0 Å². The molecule has 26 heavy (non-hydrogen) atoms. The van der Waals surface area contributed by atoms with E-state index >= 15 is 0 Å². The van der Waals surface area contributed by atoms with E-state index in [9.17, 15) is 8.42 Å². The SMILES string of the molecule is CNCC1CCCN1S(=O)(=O)c1cc(Cl)ccc1OCC1CCOC1.Cl. The van der Waals surface area contributed by atoms with Crippen LogP contribution in [0.2, 0.25) is 5.02 Å². The van der Waals surface area contributed by atoms with Crippen LogP contribution in [0.5, 0.6) is 5.75 Å². The zero-order valence-corrected chi connectivity index (χ0v) is 17.2. The van der Waals surface area contributed by atoms with Gasteiger partial charge in [0.25, 0.3) is 0 Å². The van der Waals surface area contributed by atoms with Gasteiger partial charge in [0, 0.05) is 36.7 Å². The Morgan fingerprint density at radius 1 is 1.38 bits per heavy atom. The smallest absolute Gasteiger partial charge is 0.247 e. The van der Waals surface area contributed by atoms with Crippen molar-refractivity contribution in [1.82, 2.24) is 9.62 Å². The van der Waals surface area contributed by atoms with Gasteiger partial charge in [0.1, 0.15) is 10.6 Å². The summed E-state index contributed by atoms with van der Waals surface area (Å²) < 4.78 is 39.2. The summed E-state index contributed by atoms with van der Waals surface area (Å²) in [6.45, 7) is 3.00. The number of halogens is 2. The molecule has 2 fully saturated rings. The average Bonchev–Trinajstić information content (AvgIpc) is 3.25. The Balaban J connectivity index is 0.00000243. The number of benzene rings is 1. The standard InChI is InChI=1S/C17H25ClN2O4S.ClH/c1-19-10-15-3-2-7-20(15)25(21,22)17-9-14(18)4-5-16(17)24-12-13-6-8-23-11-13;/h4-5,9,13,15,19H,2-3,6-8,10-12H2,1H3;1H. The van der Waals surface area contributed by atoms with Gasteiger partial charge in [-0.05, 0) is 44.5 Å². The Bertz CT molecular complexity index is 696. The van der Waals surface area contributed by atoms with Crippen LogP contribution in [0.3, 0.4) is 0 Å².